The first kappa shape index (κ1) is 13.2. The van der Waals surface area contributed by atoms with E-state index in [1.807, 2.05) is 6.07 Å². The van der Waals surface area contributed by atoms with Gasteiger partial charge in [0, 0.05) is 0 Å². The van der Waals surface area contributed by atoms with Crippen molar-refractivity contribution >= 4 is 11.6 Å². The van der Waals surface area contributed by atoms with E-state index in [1.54, 1.807) is 26.0 Å². The maximum absolute atomic E-state index is 13.4. The summed E-state index contributed by atoms with van der Waals surface area (Å²) in [7, 11) is 0. The van der Waals surface area contributed by atoms with E-state index in [4.69, 9.17) is 5.26 Å². The van der Waals surface area contributed by atoms with Crippen LogP contribution in [0.3, 0.4) is 0 Å². The van der Waals surface area contributed by atoms with Crippen LogP contribution in [0.2, 0.25) is 0 Å². The third-order valence-electron chi connectivity index (χ3n) is 2.98. The summed E-state index contributed by atoms with van der Waals surface area (Å²) in [5.41, 5.74) is -0.971. The van der Waals surface area contributed by atoms with Gasteiger partial charge < -0.3 is 5.32 Å². The molecule has 0 atom stereocenters. The lowest BCUT2D eigenvalue weighted by Crippen LogP contribution is -2.34. The molecule has 0 heterocycles. The van der Waals surface area contributed by atoms with Crippen molar-refractivity contribution in [2.45, 2.75) is 26.7 Å². The van der Waals surface area contributed by atoms with Gasteiger partial charge in [-0.2, -0.15) is 5.26 Å². The summed E-state index contributed by atoms with van der Waals surface area (Å²) in [6, 6.07) is 7.93. The van der Waals surface area contributed by atoms with Crippen molar-refractivity contribution in [1.82, 2.24) is 0 Å². The first-order valence-corrected chi connectivity index (χ1v) is 5.57. The topological polar surface area (TPSA) is 52.9 Å². The van der Waals surface area contributed by atoms with Gasteiger partial charge in [0.25, 0.3) is 0 Å². The number of hydrogen-bond acceptors (Lipinski definition) is 2. The normalized spacial score (nSPS) is 10.7. The second-order valence-electron chi connectivity index (χ2n) is 3.83. The van der Waals surface area contributed by atoms with Crippen LogP contribution in [0, 0.1) is 22.6 Å². The Morgan fingerprint density at radius 1 is 1.41 bits per heavy atom. The lowest BCUT2D eigenvalue weighted by molar-refractivity contribution is -0.123. The van der Waals surface area contributed by atoms with Crippen LogP contribution in [0.15, 0.2) is 24.3 Å². The molecule has 4 heteroatoms. The zero-order valence-corrected chi connectivity index (χ0v) is 9.96. The average Bonchev–Trinajstić information content (AvgIpc) is 2.35. The minimum Gasteiger partial charge on any atom is -0.322 e. The molecule has 0 aliphatic heterocycles. The summed E-state index contributed by atoms with van der Waals surface area (Å²) < 4.78 is 13.4. The van der Waals surface area contributed by atoms with E-state index in [9.17, 15) is 9.18 Å². The maximum atomic E-state index is 13.4. The molecule has 3 nitrogen and oxygen atoms in total. The predicted molar refractivity (Wildman–Crippen MR) is 63.7 cm³/mol. The van der Waals surface area contributed by atoms with E-state index in [1.165, 1.54) is 12.1 Å². The molecular weight excluding hydrogens is 219 g/mol. The SMILES string of the molecule is CCC(C#N)(CC)C(=O)Nc1ccccc1F. The Hall–Kier alpha value is -1.89. The monoisotopic (exact) mass is 234 g/mol. The number of carbonyl (C=O) groups is 1. The number of halogens is 1. The molecule has 0 aromatic heterocycles. The van der Waals surface area contributed by atoms with Crippen LogP contribution in [0.1, 0.15) is 26.7 Å². The Bertz CT molecular complexity index is 447. The molecule has 17 heavy (non-hydrogen) atoms. The number of nitrogens with zero attached hydrogens (tertiary/aromatic N) is 1. The molecule has 1 aromatic rings. The molecule has 0 fully saturated rings. The fourth-order valence-electron chi connectivity index (χ4n) is 1.58. The maximum Gasteiger partial charge on any atom is 0.244 e. The van der Waals surface area contributed by atoms with Gasteiger partial charge in [0.2, 0.25) is 5.91 Å². The molecule has 1 N–H and O–H groups in total. The highest BCUT2D eigenvalue weighted by molar-refractivity contribution is 5.97. The number of carbonyl (C=O) groups excluding carboxylic acids is 1. The van der Waals surface area contributed by atoms with E-state index >= 15 is 0 Å². The third kappa shape index (κ3) is 2.62. The highest BCUT2D eigenvalue weighted by Gasteiger charge is 2.35. The predicted octanol–water partition coefficient (Wildman–Crippen LogP) is 3.09. The minimum absolute atomic E-state index is 0.110. The van der Waals surface area contributed by atoms with Crippen molar-refractivity contribution < 1.29 is 9.18 Å². The zero-order valence-electron chi connectivity index (χ0n) is 9.96. The third-order valence-corrected chi connectivity index (χ3v) is 2.98. The smallest absolute Gasteiger partial charge is 0.244 e. The molecule has 1 amide bonds. The van der Waals surface area contributed by atoms with Crippen LogP contribution in [-0.4, -0.2) is 5.91 Å². The van der Waals surface area contributed by atoms with Crippen molar-refractivity contribution in [2.75, 3.05) is 5.32 Å². The standard InChI is InChI=1S/C13H15FN2O/c1-3-13(4-2,9-15)12(17)16-11-8-6-5-7-10(11)14/h5-8H,3-4H2,1-2H3,(H,16,17). The quantitative estimate of drug-likeness (QED) is 0.870. The average molecular weight is 234 g/mol. The van der Waals surface area contributed by atoms with Gasteiger partial charge in [0.05, 0.1) is 11.8 Å². The summed E-state index contributed by atoms with van der Waals surface area (Å²) in [5.74, 6) is -0.949. The van der Waals surface area contributed by atoms with Crippen LogP contribution >= 0.6 is 0 Å². The van der Waals surface area contributed by atoms with E-state index < -0.39 is 17.1 Å². The number of nitriles is 1. The van der Waals surface area contributed by atoms with Gasteiger partial charge in [-0.1, -0.05) is 26.0 Å². The molecule has 0 saturated heterocycles. The fourth-order valence-corrected chi connectivity index (χ4v) is 1.58. The van der Waals surface area contributed by atoms with Crippen LogP contribution in [-0.2, 0) is 4.79 Å². The van der Waals surface area contributed by atoms with Gasteiger partial charge in [-0.15, -0.1) is 0 Å². The van der Waals surface area contributed by atoms with E-state index in [-0.39, 0.29) is 5.69 Å². The van der Waals surface area contributed by atoms with Gasteiger partial charge in [-0.3, -0.25) is 4.79 Å². The van der Waals surface area contributed by atoms with Crippen molar-refractivity contribution in [3.63, 3.8) is 0 Å². The number of para-hydroxylation sites is 1. The van der Waals surface area contributed by atoms with E-state index in [2.05, 4.69) is 5.32 Å². The minimum atomic E-state index is -1.08. The molecular formula is C13H15FN2O. The number of nitrogens with one attached hydrogen (secondary N) is 1. The molecule has 0 saturated carbocycles. The van der Waals surface area contributed by atoms with Gasteiger partial charge >= 0.3 is 0 Å². The molecule has 0 aliphatic carbocycles. The lowest BCUT2D eigenvalue weighted by Gasteiger charge is -2.22. The second kappa shape index (κ2) is 5.44. The Morgan fingerprint density at radius 3 is 2.47 bits per heavy atom. The molecule has 0 unspecified atom stereocenters. The summed E-state index contributed by atoms with van der Waals surface area (Å²) >= 11 is 0. The van der Waals surface area contributed by atoms with Crippen LogP contribution in [0.4, 0.5) is 10.1 Å². The van der Waals surface area contributed by atoms with Gasteiger partial charge in [0.15, 0.2) is 0 Å². The van der Waals surface area contributed by atoms with Crippen LogP contribution < -0.4 is 5.32 Å². The molecule has 0 radical (unpaired) electrons. The molecule has 1 aromatic carbocycles. The Labute approximate surface area is 100 Å². The highest BCUT2D eigenvalue weighted by atomic mass is 19.1. The van der Waals surface area contributed by atoms with Gasteiger partial charge in [-0.05, 0) is 25.0 Å². The largest absolute Gasteiger partial charge is 0.322 e. The molecule has 0 bridgehead atoms. The van der Waals surface area contributed by atoms with Gasteiger partial charge in [0.1, 0.15) is 11.2 Å². The summed E-state index contributed by atoms with van der Waals surface area (Å²) in [6.45, 7) is 3.54. The first-order chi connectivity index (χ1) is 8.09. The van der Waals surface area contributed by atoms with Crippen LogP contribution in [0.5, 0.6) is 0 Å². The van der Waals surface area contributed by atoms with Crippen molar-refractivity contribution in [1.29, 1.82) is 5.26 Å². The number of rotatable bonds is 4. The first-order valence-electron chi connectivity index (χ1n) is 5.57. The number of amides is 1. The van der Waals surface area contributed by atoms with Crippen molar-refractivity contribution in [3.05, 3.63) is 30.1 Å². The Kier molecular flexibility index (Phi) is 4.22. The fraction of sp³-hybridized carbons (Fsp3) is 0.385. The molecule has 0 spiro atoms. The van der Waals surface area contributed by atoms with E-state index in [0.29, 0.717) is 12.8 Å². The van der Waals surface area contributed by atoms with Crippen LogP contribution in [0.25, 0.3) is 0 Å². The molecule has 0 aliphatic rings. The number of anilines is 1. The number of benzene rings is 1. The van der Waals surface area contributed by atoms with Gasteiger partial charge in [-0.25, -0.2) is 4.39 Å². The van der Waals surface area contributed by atoms with Crippen molar-refractivity contribution in [2.24, 2.45) is 5.41 Å². The zero-order chi connectivity index (χ0) is 12.9. The summed E-state index contributed by atoms with van der Waals surface area (Å²) in [5, 5.41) is 11.6. The number of hydrogen-bond donors (Lipinski definition) is 1. The summed E-state index contributed by atoms with van der Waals surface area (Å²) in [4.78, 5) is 12.0. The Morgan fingerprint density at radius 2 is 2.00 bits per heavy atom. The second-order valence-corrected chi connectivity index (χ2v) is 3.83. The summed E-state index contributed by atoms with van der Waals surface area (Å²) in [6.07, 6.45) is 0.806. The highest BCUT2D eigenvalue weighted by Crippen LogP contribution is 2.27. The van der Waals surface area contributed by atoms with E-state index in [0.717, 1.165) is 0 Å². The van der Waals surface area contributed by atoms with Crippen molar-refractivity contribution in [3.8, 4) is 6.07 Å². The molecule has 1 rings (SSSR count). The lowest BCUT2D eigenvalue weighted by atomic mass is 9.83. The molecule has 90 valence electrons. The Balaban J connectivity index is 2.93.